The van der Waals surface area contributed by atoms with E-state index >= 15 is 0 Å². The van der Waals surface area contributed by atoms with Gasteiger partial charge in [-0.05, 0) is 0 Å². The fourth-order valence-electron chi connectivity index (χ4n) is 0.321. The van der Waals surface area contributed by atoms with Gasteiger partial charge in [0.1, 0.15) is 0 Å². The Hall–Kier alpha value is 0.478. The van der Waals surface area contributed by atoms with Crippen molar-refractivity contribution in [3.8, 4) is 0 Å². The minimum atomic E-state index is 0.153. The molecule has 0 aliphatic rings. The Kier molecular flexibility index (Phi) is 6.92. The molecule has 44 valence electrons. The quantitative estimate of drug-likeness (QED) is 0.354. The summed E-state index contributed by atoms with van der Waals surface area (Å²) in [6, 6.07) is 0. The number of nitrogens with one attached hydrogen (secondary N) is 1. The van der Waals surface area contributed by atoms with Crippen LogP contribution in [0.2, 0.25) is 5.21 Å². The Balaban J connectivity index is 2.45. The molecule has 0 spiro atoms. The molecule has 0 heterocycles. The van der Waals surface area contributed by atoms with Crippen LogP contribution in [-0.4, -0.2) is 26.3 Å². The van der Waals surface area contributed by atoms with Crippen molar-refractivity contribution < 1.29 is 5.21 Å². The van der Waals surface area contributed by atoms with E-state index in [1.54, 1.807) is 0 Å². The topological polar surface area (TPSA) is 32.3 Å². The monoisotopic (exact) mass is 165 g/mol. The molecule has 0 saturated heterocycles. The maximum absolute atomic E-state index is 8.07. The van der Waals surface area contributed by atoms with Crippen LogP contribution in [0.5, 0.6) is 0 Å². The molecule has 0 fully saturated rings. The molecule has 0 aromatic rings. The van der Waals surface area contributed by atoms with E-state index in [1.807, 2.05) is 0 Å². The Morgan fingerprint density at radius 1 is 1.71 bits per heavy atom. The van der Waals surface area contributed by atoms with Gasteiger partial charge in [0, 0.05) is 0 Å². The second-order valence-corrected chi connectivity index (χ2v) is 4.17. The molecule has 0 saturated carbocycles. The van der Waals surface area contributed by atoms with Crippen LogP contribution in [0.15, 0.2) is 0 Å². The van der Waals surface area contributed by atoms with Gasteiger partial charge in [0.15, 0.2) is 0 Å². The SMILES string of the molecule is CCC[AsH]CNO. The van der Waals surface area contributed by atoms with Gasteiger partial charge in [0.25, 0.3) is 0 Å². The molecule has 1 atom stereocenters. The zero-order chi connectivity index (χ0) is 5.54. The summed E-state index contributed by atoms with van der Waals surface area (Å²) >= 11 is 0.153. The van der Waals surface area contributed by atoms with Gasteiger partial charge in [-0.1, -0.05) is 0 Å². The zero-order valence-corrected chi connectivity index (χ0v) is 6.67. The summed E-state index contributed by atoms with van der Waals surface area (Å²) in [6.07, 6.45) is 1.27. The third-order valence-corrected chi connectivity index (χ3v) is 3.28. The van der Waals surface area contributed by atoms with E-state index in [0.29, 0.717) is 0 Å². The molecule has 0 aromatic heterocycles. The summed E-state index contributed by atoms with van der Waals surface area (Å²) in [7, 11) is 0. The predicted molar refractivity (Wildman–Crippen MR) is 32.0 cm³/mol. The van der Waals surface area contributed by atoms with E-state index in [-0.39, 0.29) is 15.8 Å². The van der Waals surface area contributed by atoms with E-state index in [9.17, 15) is 0 Å². The molecule has 3 heteroatoms. The Labute approximate surface area is 50.9 Å². The standard InChI is InChI=1S/C4H12AsNO/c1-2-3-5-4-6-7/h5-7H,2-4H2,1H3. The molecule has 0 aliphatic carbocycles. The predicted octanol–water partition coefficient (Wildman–Crippen LogP) is 0.187. The third kappa shape index (κ3) is 6.48. The first kappa shape index (κ1) is 7.48. The average molecular weight is 165 g/mol. The zero-order valence-electron chi connectivity index (χ0n) is 4.57. The van der Waals surface area contributed by atoms with Crippen molar-refractivity contribution in [3.63, 3.8) is 0 Å². The van der Waals surface area contributed by atoms with Crippen LogP contribution in [-0.2, 0) is 0 Å². The van der Waals surface area contributed by atoms with Gasteiger partial charge in [-0.15, -0.1) is 0 Å². The molecule has 1 unspecified atom stereocenters. The van der Waals surface area contributed by atoms with E-state index in [2.05, 4.69) is 12.4 Å². The van der Waals surface area contributed by atoms with Crippen LogP contribution in [0.1, 0.15) is 13.3 Å². The summed E-state index contributed by atoms with van der Waals surface area (Å²) in [5.74, 6) is 0. The first-order valence-electron chi connectivity index (χ1n) is 2.49. The van der Waals surface area contributed by atoms with Crippen molar-refractivity contribution >= 4 is 15.8 Å². The van der Waals surface area contributed by atoms with Crippen molar-refractivity contribution in [1.82, 2.24) is 5.48 Å². The minimum absolute atomic E-state index is 0.153. The van der Waals surface area contributed by atoms with E-state index < -0.39 is 0 Å². The van der Waals surface area contributed by atoms with E-state index in [4.69, 9.17) is 5.21 Å². The van der Waals surface area contributed by atoms with Gasteiger partial charge in [0.05, 0.1) is 0 Å². The molecule has 2 N–H and O–H groups in total. The summed E-state index contributed by atoms with van der Waals surface area (Å²) in [6.45, 7) is 2.17. The normalized spacial score (nSPS) is 11.1. The second-order valence-electron chi connectivity index (χ2n) is 1.33. The van der Waals surface area contributed by atoms with Gasteiger partial charge in [-0.2, -0.15) is 0 Å². The maximum atomic E-state index is 8.07. The Morgan fingerprint density at radius 2 is 2.43 bits per heavy atom. The summed E-state index contributed by atoms with van der Waals surface area (Å²) in [5.41, 5.74) is 2.16. The molecule has 0 radical (unpaired) electrons. The number of rotatable bonds is 4. The Bertz CT molecular complexity index is 30.9. The van der Waals surface area contributed by atoms with Crippen LogP contribution in [0, 0.1) is 0 Å². The summed E-state index contributed by atoms with van der Waals surface area (Å²) in [5, 5.41) is 10.3. The molecular formula is C4H12AsNO. The van der Waals surface area contributed by atoms with Crippen LogP contribution in [0.4, 0.5) is 0 Å². The van der Waals surface area contributed by atoms with Gasteiger partial charge in [-0.3, -0.25) is 0 Å². The molecule has 2 nitrogen and oxygen atoms in total. The Morgan fingerprint density at radius 3 is 2.86 bits per heavy atom. The van der Waals surface area contributed by atoms with Gasteiger partial charge in [0.2, 0.25) is 0 Å². The molecule has 7 heavy (non-hydrogen) atoms. The first-order chi connectivity index (χ1) is 3.41. The first-order valence-corrected chi connectivity index (χ1v) is 5.46. The van der Waals surface area contributed by atoms with Crippen molar-refractivity contribution in [1.29, 1.82) is 0 Å². The average Bonchev–Trinajstić information content (AvgIpc) is 1.69. The van der Waals surface area contributed by atoms with E-state index in [1.165, 1.54) is 11.6 Å². The van der Waals surface area contributed by atoms with Crippen LogP contribution >= 0.6 is 0 Å². The second kappa shape index (κ2) is 6.48. The van der Waals surface area contributed by atoms with Crippen LogP contribution < -0.4 is 5.48 Å². The van der Waals surface area contributed by atoms with Crippen molar-refractivity contribution in [2.24, 2.45) is 0 Å². The number of hydrogen-bond acceptors (Lipinski definition) is 2. The summed E-state index contributed by atoms with van der Waals surface area (Å²) < 4.78 is 0. The molecule has 0 amide bonds. The fourth-order valence-corrected chi connectivity index (χ4v) is 1.67. The third-order valence-electron chi connectivity index (χ3n) is 0.631. The van der Waals surface area contributed by atoms with Crippen molar-refractivity contribution in [2.45, 2.75) is 18.6 Å². The number of hydroxylamine groups is 1. The fraction of sp³-hybridized carbons (Fsp3) is 1.00. The van der Waals surface area contributed by atoms with Crippen molar-refractivity contribution in [2.75, 3.05) is 5.33 Å². The van der Waals surface area contributed by atoms with Gasteiger partial charge >= 0.3 is 50.3 Å². The number of hydrogen-bond donors (Lipinski definition) is 2. The molecule has 0 rings (SSSR count). The van der Waals surface area contributed by atoms with Crippen LogP contribution in [0.3, 0.4) is 0 Å². The molecule has 0 aliphatic heterocycles. The summed E-state index contributed by atoms with van der Waals surface area (Å²) in [4.78, 5) is 0. The molecule has 0 aromatic carbocycles. The van der Waals surface area contributed by atoms with Crippen LogP contribution in [0.25, 0.3) is 0 Å². The van der Waals surface area contributed by atoms with E-state index in [0.717, 1.165) is 5.33 Å². The van der Waals surface area contributed by atoms with Crippen molar-refractivity contribution in [3.05, 3.63) is 0 Å². The van der Waals surface area contributed by atoms with Gasteiger partial charge in [-0.25, -0.2) is 0 Å². The molecular weight excluding hydrogens is 153 g/mol. The molecule has 0 bridgehead atoms. The van der Waals surface area contributed by atoms with Gasteiger partial charge < -0.3 is 0 Å².